The lowest BCUT2D eigenvalue weighted by atomic mass is 10.2. The van der Waals surface area contributed by atoms with E-state index in [-0.39, 0.29) is 6.10 Å². The standard InChI is InChI=1S/C9H19NO2S/c1-2-9(11)8-10-4-3-6-13(12)7-5-10/h9,11H,2-8H2,1H3/t9-,13?/m1/s1. The molecule has 4 heteroatoms. The molecule has 2 atom stereocenters. The molecule has 13 heavy (non-hydrogen) atoms. The second-order valence-corrected chi connectivity index (χ2v) is 5.26. The maximum absolute atomic E-state index is 11.2. The quantitative estimate of drug-likeness (QED) is 0.716. The molecule has 0 aromatic carbocycles. The fraction of sp³-hybridized carbons (Fsp3) is 1.00. The Labute approximate surface area is 82.6 Å². The number of aliphatic hydroxyl groups is 1. The van der Waals surface area contributed by atoms with Crippen molar-refractivity contribution in [3.05, 3.63) is 0 Å². The van der Waals surface area contributed by atoms with Crippen LogP contribution in [-0.2, 0) is 10.8 Å². The summed E-state index contributed by atoms with van der Waals surface area (Å²) < 4.78 is 11.2. The Morgan fingerprint density at radius 2 is 2.23 bits per heavy atom. The highest BCUT2D eigenvalue weighted by Crippen LogP contribution is 2.03. The van der Waals surface area contributed by atoms with E-state index in [0.29, 0.717) is 0 Å². The Kier molecular flexibility index (Phi) is 4.91. The predicted octanol–water partition coefficient (Wildman–Crippen LogP) is 0.212. The largest absolute Gasteiger partial charge is 0.392 e. The average molecular weight is 205 g/mol. The molecule has 0 radical (unpaired) electrons. The van der Waals surface area contributed by atoms with Crippen LogP contribution in [0, 0.1) is 0 Å². The molecule has 1 heterocycles. The van der Waals surface area contributed by atoms with Crippen LogP contribution in [-0.4, -0.2) is 51.5 Å². The van der Waals surface area contributed by atoms with Crippen molar-refractivity contribution in [1.29, 1.82) is 0 Å². The molecule has 0 spiro atoms. The molecule has 3 nitrogen and oxygen atoms in total. The van der Waals surface area contributed by atoms with Crippen LogP contribution in [0.15, 0.2) is 0 Å². The van der Waals surface area contributed by atoms with Crippen LogP contribution in [0.25, 0.3) is 0 Å². The molecule has 0 aromatic heterocycles. The van der Waals surface area contributed by atoms with Crippen molar-refractivity contribution in [2.45, 2.75) is 25.9 Å². The van der Waals surface area contributed by atoms with Crippen LogP contribution < -0.4 is 0 Å². The van der Waals surface area contributed by atoms with Gasteiger partial charge in [-0.25, -0.2) is 0 Å². The summed E-state index contributed by atoms with van der Waals surface area (Å²) in [5.41, 5.74) is 0. The van der Waals surface area contributed by atoms with Gasteiger partial charge in [0.1, 0.15) is 0 Å². The first-order valence-electron chi connectivity index (χ1n) is 4.97. The molecule has 78 valence electrons. The Morgan fingerprint density at radius 3 is 2.92 bits per heavy atom. The third-order valence-corrected chi connectivity index (χ3v) is 3.80. The van der Waals surface area contributed by atoms with Crippen molar-refractivity contribution in [1.82, 2.24) is 4.90 Å². The van der Waals surface area contributed by atoms with E-state index in [1.807, 2.05) is 6.92 Å². The second kappa shape index (κ2) is 5.73. The van der Waals surface area contributed by atoms with Crippen LogP contribution in [0.1, 0.15) is 19.8 Å². The minimum absolute atomic E-state index is 0.216. The summed E-state index contributed by atoms with van der Waals surface area (Å²) in [7, 11) is -0.618. The molecule has 0 amide bonds. The smallest absolute Gasteiger partial charge is 0.0664 e. The molecule has 1 aliphatic rings. The Hall–Kier alpha value is 0.0700. The molecular weight excluding hydrogens is 186 g/mol. The van der Waals surface area contributed by atoms with Gasteiger partial charge in [-0.3, -0.25) is 9.11 Å². The number of nitrogens with zero attached hydrogens (tertiary/aromatic N) is 1. The van der Waals surface area contributed by atoms with Gasteiger partial charge in [-0.1, -0.05) is 6.92 Å². The highest BCUT2D eigenvalue weighted by atomic mass is 32.2. The summed E-state index contributed by atoms with van der Waals surface area (Å²) in [6.45, 7) is 4.60. The van der Waals surface area contributed by atoms with E-state index in [1.165, 1.54) is 0 Å². The average Bonchev–Trinajstić information content (AvgIpc) is 2.31. The van der Waals surface area contributed by atoms with Crippen LogP contribution in [0.2, 0.25) is 0 Å². The van der Waals surface area contributed by atoms with Gasteiger partial charge in [0.2, 0.25) is 0 Å². The van der Waals surface area contributed by atoms with Gasteiger partial charge in [-0.15, -0.1) is 0 Å². The number of hydrogen-bond donors (Lipinski definition) is 1. The van der Waals surface area contributed by atoms with Crippen molar-refractivity contribution >= 4 is 10.8 Å². The van der Waals surface area contributed by atoms with Crippen molar-refractivity contribution < 1.29 is 9.32 Å². The molecular formula is C9H19NO2S. The summed E-state index contributed by atoms with van der Waals surface area (Å²) in [6.07, 6.45) is 1.59. The van der Waals surface area contributed by atoms with E-state index in [2.05, 4.69) is 4.90 Å². The molecule has 1 rings (SSSR count). The predicted molar refractivity (Wildman–Crippen MR) is 55.2 cm³/mol. The summed E-state index contributed by atoms with van der Waals surface area (Å²) in [6, 6.07) is 0. The second-order valence-electron chi connectivity index (χ2n) is 3.56. The van der Waals surface area contributed by atoms with E-state index in [1.54, 1.807) is 0 Å². The van der Waals surface area contributed by atoms with Gasteiger partial charge in [0, 0.05) is 35.4 Å². The monoisotopic (exact) mass is 205 g/mol. The van der Waals surface area contributed by atoms with Crippen LogP contribution >= 0.6 is 0 Å². The third-order valence-electron chi connectivity index (χ3n) is 2.42. The molecule has 0 bridgehead atoms. The summed E-state index contributed by atoms with van der Waals surface area (Å²) >= 11 is 0. The molecule has 1 fully saturated rings. The minimum atomic E-state index is -0.618. The van der Waals surface area contributed by atoms with Gasteiger partial charge in [0.05, 0.1) is 6.10 Å². The lowest BCUT2D eigenvalue weighted by molar-refractivity contribution is 0.113. The van der Waals surface area contributed by atoms with E-state index in [4.69, 9.17) is 0 Å². The molecule has 0 aliphatic carbocycles. The fourth-order valence-corrected chi connectivity index (χ4v) is 2.62. The fourth-order valence-electron chi connectivity index (χ4n) is 1.50. The zero-order valence-electron chi connectivity index (χ0n) is 8.24. The highest BCUT2D eigenvalue weighted by Gasteiger charge is 2.14. The highest BCUT2D eigenvalue weighted by molar-refractivity contribution is 7.85. The zero-order valence-corrected chi connectivity index (χ0v) is 9.05. The van der Waals surface area contributed by atoms with Crippen LogP contribution in [0.4, 0.5) is 0 Å². The van der Waals surface area contributed by atoms with Gasteiger partial charge in [0.25, 0.3) is 0 Å². The third kappa shape index (κ3) is 4.20. The zero-order chi connectivity index (χ0) is 9.68. The molecule has 1 N–H and O–H groups in total. The lowest BCUT2D eigenvalue weighted by Gasteiger charge is -2.21. The first kappa shape index (κ1) is 11.1. The lowest BCUT2D eigenvalue weighted by Crippen LogP contribution is -2.34. The van der Waals surface area contributed by atoms with Gasteiger partial charge < -0.3 is 5.11 Å². The van der Waals surface area contributed by atoms with Gasteiger partial charge in [-0.05, 0) is 19.4 Å². The van der Waals surface area contributed by atoms with E-state index >= 15 is 0 Å². The molecule has 1 aliphatic heterocycles. The van der Waals surface area contributed by atoms with E-state index in [0.717, 1.165) is 44.0 Å². The van der Waals surface area contributed by atoms with Crippen molar-refractivity contribution in [3.8, 4) is 0 Å². The maximum Gasteiger partial charge on any atom is 0.0664 e. The molecule has 1 unspecified atom stereocenters. The number of β-amino-alcohol motifs (C(OH)–C–C–N with tert-alkyl or cyclic N) is 1. The van der Waals surface area contributed by atoms with Crippen molar-refractivity contribution in [2.24, 2.45) is 0 Å². The normalized spacial score (nSPS) is 28.3. The van der Waals surface area contributed by atoms with Gasteiger partial charge in [-0.2, -0.15) is 0 Å². The Balaban J connectivity index is 2.29. The number of aliphatic hydroxyl groups excluding tert-OH is 1. The Bertz CT molecular complexity index is 175. The van der Waals surface area contributed by atoms with Crippen LogP contribution in [0.5, 0.6) is 0 Å². The van der Waals surface area contributed by atoms with Gasteiger partial charge >= 0.3 is 0 Å². The summed E-state index contributed by atoms with van der Waals surface area (Å²) in [5.74, 6) is 1.61. The SMILES string of the molecule is CC[C@@H](O)CN1CCCS(=O)CC1. The number of rotatable bonds is 3. The topological polar surface area (TPSA) is 40.5 Å². The summed E-state index contributed by atoms with van der Waals surface area (Å²) in [5, 5.41) is 9.45. The van der Waals surface area contributed by atoms with Crippen molar-refractivity contribution in [2.75, 3.05) is 31.1 Å². The van der Waals surface area contributed by atoms with E-state index < -0.39 is 10.8 Å². The Morgan fingerprint density at radius 1 is 1.46 bits per heavy atom. The molecule has 0 saturated carbocycles. The van der Waals surface area contributed by atoms with Gasteiger partial charge in [0.15, 0.2) is 0 Å². The minimum Gasteiger partial charge on any atom is -0.392 e. The first-order chi connectivity index (χ1) is 6.22. The van der Waals surface area contributed by atoms with Crippen LogP contribution in [0.3, 0.4) is 0 Å². The van der Waals surface area contributed by atoms with Crippen molar-refractivity contribution in [3.63, 3.8) is 0 Å². The molecule has 1 saturated heterocycles. The number of hydrogen-bond acceptors (Lipinski definition) is 3. The molecule has 0 aromatic rings. The summed E-state index contributed by atoms with van der Waals surface area (Å²) in [4.78, 5) is 2.22. The van der Waals surface area contributed by atoms with E-state index in [9.17, 15) is 9.32 Å². The maximum atomic E-state index is 11.2. The first-order valence-corrected chi connectivity index (χ1v) is 6.46.